The lowest BCUT2D eigenvalue weighted by Gasteiger charge is -2.11. The first-order chi connectivity index (χ1) is 8.65. The number of ether oxygens (including phenoxy) is 1. The van der Waals surface area contributed by atoms with Gasteiger partial charge in [0, 0.05) is 0 Å². The van der Waals surface area contributed by atoms with E-state index in [0.717, 1.165) is 22.4 Å². The van der Waals surface area contributed by atoms with Gasteiger partial charge in [-0.25, -0.2) is 0 Å². The van der Waals surface area contributed by atoms with E-state index < -0.39 is 6.10 Å². The van der Waals surface area contributed by atoms with Crippen molar-refractivity contribution in [3.63, 3.8) is 0 Å². The maximum atomic E-state index is 9.60. The fourth-order valence-corrected chi connectivity index (χ4v) is 1.84. The van der Waals surface area contributed by atoms with Crippen LogP contribution >= 0.6 is 0 Å². The van der Waals surface area contributed by atoms with E-state index >= 15 is 0 Å². The monoisotopic (exact) mass is 242 g/mol. The summed E-state index contributed by atoms with van der Waals surface area (Å²) in [6, 6.07) is 15.9. The van der Waals surface area contributed by atoms with Crippen molar-refractivity contribution in [3.8, 4) is 5.75 Å². The van der Waals surface area contributed by atoms with Crippen molar-refractivity contribution in [2.75, 3.05) is 0 Å². The highest BCUT2D eigenvalue weighted by Gasteiger charge is 2.04. The molecule has 0 radical (unpaired) electrons. The molecule has 2 aromatic carbocycles. The summed E-state index contributed by atoms with van der Waals surface area (Å²) in [5.74, 6) is 0.801. The van der Waals surface area contributed by atoms with Gasteiger partial charge < -0.3 is 9.84 Å². The quantitative estimate of drug-likeness (QED) is 0.887. The molecule has 0 saturated carbocycles. The van der Waals surface area contributed by atoms with E-state index in [4.69, 9.17) is 4.74 Å². The van der Waals surface area contributed by atoms with Crippen molar-refractivity contribution >= 4 is 0 Å². The zero-order valence-electron chi connectivity index (χ0n) is 10.8. The zero-order chi connectivity index (χ0) is 13.0. The summed E-state index contributed by atoms with van der Waals surface area (Å²) in [5, 5.41) is 9.60. The molecule has 2 heteroatoms. The van der Waals surface area contributed by atoms with Crippen molar-refractivity contribution in [1.29, 1.82) is 0 Å². The average Bonchev–Trinajstić information content (AvgIpc) is 2.37. The first kappa shape index (κ1) is 12.7. The molecule has 1 unspecified atom stereocenters. The van der Waals surface area contributed by atoms with Gasteiger partial charge in [-0.05, 0) is 42.7 Å². The molecule has 2 rings (SSSR count). The third-order valence-electron chi connectivity index (χ3n) is 2.80. The summed E-state index contributed by atoms with van der Waals surface area (Å²) in [6.45, 7) is 4.31. The predicted molar refractivity (Wildman–Crippen MR) is 72.6 cm³/mol. The van der Waals surface area contributed by atoms with Crippen LogP contribution in [0.3, 0.4) is 0 Å². The summed E-state index contributed by atoms with van der Waals surface area (Å²) in [7, 11) is 0. The molecule has 18 heavy (non-hydrogen) atoms. The number of aliphatic hydroxyl groups is 1. The van der Waals surface area contributed by atoms with E-state index in [-0.39, 0.29) is 0 Å². The topological polar surface area (TPSA) is 29.5 Å². The van der Waals surface area contributed by atoms with Crippen LogP contribution in [0.5, 0.6) is 5.75 Å². The Bertz CT molecular complexity index is 504. The maximum absolute atomic E-state index is 9.60. The molecule has 0 amide bonds. The van der Waals surface area contributed by atoms with Crippen LogP contribution in [-0.4, -0.2) is 5.11 Å². The average molecular weight is 242 g/mol. The van der Waals surface area contributed by atoms with Gasteiger partial charge in [-0.2, -0.15) is 0 Å². The summed E-state index contributed by atoms with van der Waals surface area (Å²) in [6.07, 6.45) is -0.469. The van der Waals surface area contributed by atoms with Crippen LogP contribution in [0.4, 0.5) is 0 Å². The molecule has 0 saturated heterocycles. The Morgan fingerprint density at radius 3 is 2.50 bits per heavy atom. The van der Waals surface area contributed by atoms with Gasteiger partial charge in [0.15, 0.2) is 0 Å². The van der Waals surface area contributed by atoms with Crippen molar-refractivity contribution in [2.24, 2.45) is 0 Å². The van der Waals surface area contributed by atoms with Gasteiger partial charge in [0.25, 0.3) is 0 Å². The third-order valence-corrected chi connectivity index (χ3v) is 2.80. The first-order valence-corrected chi connectivity index (χ1v) is 6.11. The van der Waals surface area contributed by atoms with Gasteiger partial charge in [-0.15, -0.1) is 0 Å². The van der Waals surface area contributed by atoms with Crippen LogP contribution in [0.25, 0.3) is 0 Å². The molecule has 0 aliphatic rings. The van der Waals surface area contributed by atoms with E-state index in [1.807, 2.05) is 55.5 Å². The molecule has 0 aliphatic carbocycles. The molecular weight excluding hydrogens is 224 g/mol. The summed E-state index contributed by atoms with van der Waals surface area (Å²) in [4.78, 5) is 0. The van der Waals surface area contributed by atoms with Crippen molar-refractivity contribution in [1.82, 2.24) is 0 Å². The summed E-state index contributed by atoms with van der Waals surface area (Å²) >= 11 is 0. The molecule has 94 valence electrons. The number of benzene rings is 2. The van der Waals surface area contributed by atoms with Crippen molar-refractivity contribution in [3.05, 3.63) is 65.2 Å². The largest absolute Gasteiger partial charge is 0.489 e. The maximum Gasteiger partial charge on any atom is 0.120 e. The van der Waals surface area contributed by atoms with Crippen LogP contribution in [-0.2, 0) is 6.61 Å². The SMILES string of the molecule is Cc1cc(OCc2ccccc2)cc(C(C)O)c1. The lowest BCUT2D eigenvalue weighted by Crippen LogP contribution is -1.98. The molecule has 0 aromatic heterocycles. The highest BCUT2D eigenvalue weighted by molar-refractivity contribution is 5.35. The zero-order valence-corrected chi connectivity index (χ0v) is 10.8. The van der Waals surface area contributed by atoms with Gasteiger partial charge in [-0.3, -0.25) is 0 Å². The van der Waals surface area contributed by atoms with E-state index in [2.05, 4.69) is 0 Å². The van der Waals surface area contributed by atoms with E-state index in [1.54, 1.807) is 6.92 Å². The van der Waals surface area contributed by atoms with Crippen molar-refractivity contribution in [2.45, 2.75) is 26.6 Å². The molecule has 2 aromatic rings. The van der Waals surface area contributed by atoms with Crippen LogP contribution in [0.15, 0.2) is 48.5 Å². The Morgan fingerprint density at radius 2 is 1.83 bits per heavy atom. The van der Waals surface area contributed by atoms with Gasteiger partial charge in [-0.1, -0.05) is 36.4 Å². The highest BCUT2D eigenvalue weighted by atomic mass is 16.5. The van der Waals surface area contributed by atoms with E-state index in [0.29, 0.717) is 6.61 Å². The molecule has 0 spiro atoms. The van der Waals surface area contributed by atoms with Crippen LogP contribution in [0.1, 0.15) is 29.7 Å². The van der Waals surface area contributed by atoms with Crippen molar-refractivity contribution < 1.29 is 9.84 Å². The van der Waals surface area contributed by atoms with Gasteiger partial charge in [0.1, 0.15) is 12.4 Å². The summed E-state index contributed by atoms with van der Waals surface area (Å²) < 4.78 is 5.75. The van der Waals surface area contributed by atoms with E-state index in [1.165, 1.54) is 0 Å². The standard InChI is InChI=1S/C16H18O2/c1-12-8-15(13(2)17)10-16(9-12)18-11-14-6-4-3-5-7-14/h3-10,13,17H,11H2,1-2H3. The molecule has 0 aliphatic heterocycles. The van der Waals surface area contributed by atoms with Gasteiger partial charge >= 0.3 is 0 Å². The minimum atomic E-state index is -0.469. The third kappa shape index (κ3) is 3.34. The van der Waals surface area contributed by atoms with Gasteiger partial charge in [0.05, 0.1) is 6.10 Å². The minimum absolute atomic E-state index is 0.469. The highest BCUT2D eigenvalue weighted by Crippen LogP contribution is 2.22. The molecular formula is C16H18O2. The Morgan fingerprint density at radius 1 is 1.11 bits per heavy atom. The number of aryl methyl sites for hydroxylation is 1. The molecule has 0 heterocycles. The second kappa shape index (κ2) is 5.69. The number of hydrogen-bond acceptors (Lipinski definition) is 2. The minimum Gasteiger partial charge on any atom is -0.489 e. The Balaban J connectivity index is 2.10. The van der Waals surface area contributed by atoms with Crippen LogP contribution in [0, 0.1) is 6.92 Å². The second-order valence-electron chi connectivity index (χ2n) is 4.53. The lowest BCUT2D eigenvalue weighted by atomic mass is 10.1. The first-order valence-electron chi connectivity index (χ1n) is 6.11. The fraction of sp³-hybridized carbons (Fsp3) is 0.250. The predicted octanol–water partition coefficient (Wildman–Crippen LogP) is 3.63. The van der Waals surface area contributed by atoms with Crippen LogP contribution in [0.2, 0.25) is 0 Å². The molecule has 0 bridgehead atoms. The van der Waals surface area contributed by atoms with E-state index in [9.17, 15) is 5.11 Å². The lowest BCUT2D eigenvalue weighted by molar-refractivity contribution is 0.198. The smallest absolute Gasteiger partial charge is 0.120 e. The molecule has 0 fully saturated rings. The summed E-state index contributed by atoms with van der Waals surface area (Å²) in [5.41, 5.74) is 3.12. The number of hydrogen-bond donors (Lipinski definition) is 1. The normalized spacial score (nSPS) is 12.2. The number of rotatable bonds is 4. The molecule has 2 nitrogen and oxygen atoms in total. The fourth-order valence-electron chi connectivity index (χ4n) is 1.84. The Labute approximate surface area is 108 Å². The number of aliphatic hydroxyl groups excluding tert-OH is 1. The Kier molecular flexibility index (Phi) is 4.00. The molecule has 1 atom stereocenters. The second-order valence-corrected chi connectivity index (χ2v) is 4.53. The van der Waals surface area contributed by atoms with Gasteiger partial charge in [0.2, 0.25) is 0 Å². The molecule has 1 N–H and O–H groups in total. The Hall–Kier alpha value is -1.80. The van der Waals surface area contributed by atoms with Crippen LogP contribution < -0.4 is 4.74 Å².